The minimum atomic E-state index is -0.359. The maximum atomic E-state index is 13.0. The van der Waals surface area contributed by atoms with Crippen LogP contribution in [-0.2, 0) is 16.6 Å². The zero-order valence-electron chi connectivity index (χ0n) is 13.7. The number of nitrogen functional groups attached to an aromatic ring is 1. The van der Waals surface area contributed by atoms with Gasteiger partial charge in [-0.05, 0) is 54.7 Å². The van der Waals surface area contributed by atoms with Crippen LogP contribution in [0.4, 0.5) is 5.69 Å². The lowest BCUT2D eigenvalue weighted by Gasteiger charge is -2.28. The number of rotatable bonds is 5. The van der Waals surface area contributed by atoms with Crippen molar-refractivity contribution in [2.45, 2.75) is 37.5 Å². The Balaban J connectivity index is 1.66. The molecule has 0 saturated heterocycles. The molecule has 24 heavy (non-hydrogen) atoms. The van der Waals surface area contributed by atoms with Crippen molar-refractivity contribution < 1.29 is 4.79 Å². The van der Waals surface area contributed by atoms with Crippen LogP contribution in [0.2, 0.25) is 0 Å². The molecule has 2 aromatic carbocycles. The quantitative estimate of drug-likeness (QED) is 0.756. The van der Waals surface area contributed by atoms with Crippen LogP contribution in [0.5, 0.6) is 0 Å². The van der Waals surface area contributed by atoms with Crippen LogP contribution in [0.25, 0.3) is 0 Å². The summed E-state index contributed by atoms with van der Waals surface area (Å²) in [6.07, 6.45) is 4.91. The number of hydrogen-bond acceptors (Lipinski definition) is 2. The highest BCUT2D eigenvalue weighted by atomic mass is 79.9. The fourth-order valence-electron chi connectivity index (χ4n) is 3.57. The smallest absolute Gasteiger partial charge is 0.230 e. The summed E-state index contributed by atoms with van der Waals surface area (Å²) in [7, 11) is 0. The molecule has 126 valence electrons. The Morgan fingerprint density at radius 1 is 1.04 bits per heavy atom. The molecule has 0 atom stereocenters. The van der Waals surface area contributed by atoms with E-state index in [2.05, 4.69) is 33.4 Å². The first-order valence-corrected chi connectivity index (χ1v) is 9.28. The van der Waals surface area contributed by atoms with Gasteiger partial charge in [-0.15, -0.1) is 0 Å². The van der Waals surface area contributed by atoms with Gasteiger partial charge < -0.3 is 11.1 Å². The van der Waals surface area contributed by atoms with Crippen molar-refractivity contribution in [3.63, 3.8) is 0 Å². The molecule has 0 heterocycles. The molecule has 0 bridgehead atoms. The average Bonchev–Trinajstić information content (AvgIpc) is 3.08. The van der Waals surface area contributed by atoms with E-state index in [1.807, 2.05) is 36.4 Å². The molecule has 0 spiro atoms. The number of nitrogens with two attached hydrogens (primary N) is 1. The summed E-state index contributed by atoms with van der Waals surface area (Å²) in [6.45, 7) is 0.654. The second kappa shape index (κ2) is 7.39. The number of halogens is 1. The Morgan fingerprint density at radius 2 is 1.67 bits per heavy atom. The van der Waals surface area contributed by atoms with Gasteiger partial charge in [-0.25, -0.2) is 0 Å². The van der Waals surface area contributed by atoms with Crippen LogP contribution in [0.3, 0.4) is 0 Å². The van der Waals surface area contributed by atoms with Crippen LogP contribution in [0.1, 0.15) is 36.8 Å². The van der Waals surface area contributed by atoms with Gasteiger partial charge in [-0.3, -0.25) is 4.79 Å². The predicted molar refractivity (Wildman–Crippen MR) is 102 cm³/mol. The van der Waals surface area contributed by atoms with Gasteiger partial charge in [-0.1, -0.05) is 53.0 Å². The Morgan fingerprint density at radius 3 is 2.29 bits per heavy atom. The molecule has 4 heteroatoms. The molecular formula is C20H23BrN2O. The van der Waals surface area contributed by atoms with E-state index in [1.165, 1.54) is 5.56 Å². The first-order chi connectivity index (χ1) is 11.6. The molecule has 1 aliphatic rings. The summed E-state index contributed by atoms with van der Waals surface area (Å²) in [5.41, 5.74) is 8.43. The lowest BCUT2D eigenvalue weighted by molar-refractivity contribution is -0.126. The molecule has 2 aromatic rings. The van der Waals surface area contributed by atoms with Gasteiger partial charge in [0.1, 0.15) is 0 Å². The van der Waals surface area contributed by atoms with Gasteiger partial charge >= 0.3 is 0 Å². The second-order valence-corrected chi connectivity index (χ2v) is 7.46. The monoisotopic (exact) mass is 386 g/mol. The van der Waals surface area contributed by atoms with Gasteiger partial charge in [0.25, 0.3) is 0 Å². The number of anilines is 1. The van der Waals surface area contributed by atoms with Gasteiger partial charge in [0, 0.05) is 16.7 Å². The van der Waals surface area contributed by atoms with Crippen molar-refractivity contribution in [1.29, 1.82) is 0 Å². The van der Waals surface area contributed by atoms with E-state index in [0.29, 0.717) is 6.54 Å². The van der Waals surface area contributed by atoms with E-state index in [4.69, 9.17) is 5.73 Å². The summed E-state index contributed by atoms with van der Waals surface area (Å²) in [5, 5.41) is 3.16. The SMILES string of the molecule is Nc1ccc(CCNC(=O)C2(c3ccc(Br)cc3)CCCC2)cc1. The normalized spacial score (nSPS) is 16.0. The number of carbonyl (C=O) groups excluding carboxylic acids is 1. The molecule has 1 amide bonds. The molecule has 3 rings (SSSR count). The van der Waals surface area contributed by atoms with Gasteiger partial charge in [0.05, 0.1) is 5.41 Å². The first-order valence-electron chi connectivity index (χ1n) is 8.49. The number of nitrogens with one attached hydrogen (secondary N) is 1. The predicted octanol–water partition coefficient (Wildman–Crippen LogP) is 4.20. The third-order valence-electron chi connectivity index (χ3n) is 4.97. The van der Waals surface area contributed by atoms with Crippen molar-refractivity contribution >= 4 is 27.5 Å². The van der Waals surface area contributed by atoms with Crippen molar-refractivity contribution in [2.24, 2.45) is 0 Å². The molecule has 0 aromatic heterocycles. The molecule has 0 unspecified atom stereocenters. The molecule has 1 fully saturated rings. The summed E-state index contributed by atoms with van der Waals surface area (Å²) in [5.74, 6) is 0.165. The Bertz CT molecular complexity index is 689. The average molecular weight is 387 g/mol. The first kappa shape index (κ1) is 17.0. The summed E-state index contributed by atoms with van der Waals surface area (Å²) >= 11 is 3.47. The number of benzene rings is 2. The largest absolute Gasteiger partial charge is 0.399 e. The maximum Gasteiger partial charge on any atom is 0.230 e. The van der Waals surface area contributed by atoms with E-state index >= 15 is 0 Å². The fraction of sp³-hybridized carbons (Fsp3) is 0.350. The maximum absolute atomic E-state index is 13.0. The zero-order chi connectivity index (χ0) is 17.0. The number of amides is 1. The van der Waals surface area contributed by atoms with E-state index in [9.17, 15) is 4.79 Å². The van der Waals surface area contributed by atoms with E-state index in [1.54, 1.807) is 0 Å². The Labute approximate surface area is 151 Å². The lowest BCUT2D eigenvalue weighted by atomic mass is 9.78. The van der Waals surface area contributed by atoms with Crippen LogP contribution < -0.4 is 11.1 Å². The van der Waals surface area contributed by atoms with Crippen molar-refractivity contribution in [1.82, 2.24) is 5.32 Å². The Hall–Kier alpha value is -1.81. The molecule has 1 aliphatic carbocycles. The minimum absolute atomic E-state index is 0.165. The lowest BCUT2D eigenvalue weighted by Crippen LogP contribution is -2.43. The summed E-state index contributed by atoms with van der Waals surface area (Å²) in [4.78, 5) is 13.0. The highest BCUT2D eigenvalue weighted by molar-refractivity contribution is 9.10. The van der Waals surface area contributed by atoms with Gasteiger partial charge in [-0.2, -0.15) is 0 Å². The van der Waals surface area contributed by atoms with E-state index < -0.39 is 0 Å². The van der Waals surface area contributed by atoms with E-state index in [0.717, 1.165) is 47.8 Å². The minimum Gasteiger partial charge on any atom is -0.399 e. The van der Waals surface area contributed by atoms with Crippen LogP contribution in [0.15, 0.2) is 53.0 Å². The number of hydrogen-bond donors (Lipinski definition) is 2. The third-order valence-corrected chi connectivity index (χ3v) is 5.50. The number of carbonyl (C=O) groups is 1. The highest BCUT2D eigenvalue weighted by Gasteiger charge is 2.42. The van der Waals surface area contributed by atoms with Crippen LogP contribution in [0, 0.1) is 0 Å². The van der Waals surface area contributed by atoms with Gasteiger partial charge in [0.15, 0.2) is 0 Å². The third kappa shape index (κ3) is 3.64. The van der Waals surface area contributed by atoms with E-state index in [-0.39, 0.29) is 11.3 Å². The van der Waals surface area contributed by atoms with Crippen molar-refractivity contribution in [3.05, 3.63) is 64.1 Å². The Kier molecular flexibility index (Phi) is 5.24. The summed E-state index contributed by atoms with van der Waals surface area (Å²) in [6, 6.07) is 16.0. The second-order valence-electron chi connectivity index (χ2n) is 6.54. The van der Waals surface area contributed by atoms with Crippen molar-refractivity contribution in [2.75, 3.05) is 12.3 Å². The van der Waals surface area contributed by atoms with Gasteiger partial charge in [0.2, 0.25) is 5.91 Å². The topological polar surface area (TPSA) is 55.1 Å². The zero-order valence-corrected chi connectivity index (χ0v) is 15.3. The fourth-order valence-corrected chi connectivity index (χ4v) is 3.83. The van der Waals surface area contributed by atoms with Crippen molar-refractivity contribution in [3.8, 4) is 0 Å². The van der Waals surface area contributed by atoms with Crippen LogP contribution >= 0.6 is 15.9 Å². The molecule has 1 saturated carbocycles. The standard InChI is InChI=1S/C20H23BrN2O/c21-17-7-5-16(6-8-17)20(12-1-2-13-20)19(24)23-14-11-15-3-9-18(22)10-4-15/h3-10H,1-2,11-14,22H2,(H,23,24). The molecule has 0 radical (unpaired) electrons. The van der Waals surface area contributed by atoms with Crippen LogP contribution in [-0.4, -0.2) is 12.5 Å². The molecule has 3 N–H and O–H groups in total. The summed E-state index contributed by atoms with van der Waals surface area (Å²) < 4.78 is 1.04. The molecular weight excluding hydrogens is 364 g/mol. The molecule has 3 nitrogen and oxygen atoms in total. The highest BCUT2D eigenvalue weighted by Crippen LogP contribution is 2.41. The molecule has 0 aliphatic heterocycles.